The van der Waals surface area contributed by atoms with Crippen molar-refractivity contribution < 1.29 is 9.90 Å². The Morgan fingerprint density at radius 2 is 2.12 bits per heavy atom. The summed E-state index contributed by atoms with van der Waals surface area (Å²) in [6, 6.07) is 7.76. The van der Waals surface area contributed by atoms with Gasteiger partial charge in [0.1, 0.15) is 0 Å². The highest BCUT2D eigenvalue weighted by Gasteiger charge is 2.26. The SMILES string of the molecule is O=C(CNC1CC(O)C1)Nc1ccccc1Br. The topological polar surface area (TPSA) is 61.4 Å². The van der Waals surface area contributed by atoms with Gasteiger partial charge in [-0.15, -0.1) is 0 Å². The summed E-state index contributed by atoms with van der Waals surface area (Å²) in [6.45, 7) is 0.277. The molecule has 1 amide bonds. The number of aliphatic hydroxyl groups is 1. The number of nitrogens with one attached hydrogen (secondary N) is 2. The van der Waals surface area contributed by atoms with E-state index in [1.165, 1.54) is 0 Å². The Balaban J connectivity index is 1.76. The minimum Gasteiger partial charge on any atom is -0.393 e. The lowest BCUT2D eigenvalue weighted by Gasteiger charge is -2.31. The monoisotopic (exact) mass is 298 g/mol. The molecule has 4 nitrogen and oxygen atoms in total. The van der Waals surface area contributed by atoms with E-state index in [4.69, 9.17) is 5.11 Å². The molecule has 1 aromatic rings. The Kier molecular flexibility index (Phi) is 4.15. The number of halogens is 1. The van der Waals surface area contributed by atoms with E-state index in [-0.39, 0.29) is 24.6 Å². The normalized spacial score (nSPS) is 22.9. The number of anilines is 1. The van der Waals surface area contributed by atoms with E-state index in [1.54, 1.807) is 0 Å². The maximum Gasteiger partial charge on any atom is 0.238 e. The van der Waals surface area contributed by atoms with Gasteiger partial charge in [-0.25, -0.2) is 0 Å². The fraction of sp³-hybridized carbons (Fsp3) is 0.417. The zero-order valence-electron chi connectivity index (χ0n) is 9.32. The van der Waals surface area contributed by atoms with Crippen molar-refractivity contribution in [3.05, 3.63) is 28.7 Å². The van der Waals surface area contributed by atoms with Gasteiger partial charge in [-0.3, -0.25) is 4.79 Å². The molecule has 5 heteroatoms. The molecular weight excluding hydrogens is 284 g/mol. The lowest BCUT2D eigenvalue weighted by Crippen LogP contribution is -2.46. The number of aliphatic hydroxyl groups excluding tert-OH is 1. The van der Waals surface area contributed by atoms with Crippen molar-refractivity contribution in [2.24, 2.45) is 0 Å². The fourth-order valence-corrected chi connectivity index (χ4v) is 2.13. The van der Waals surface area contributed by atoms with Crippen LogP contribution in [0.5, 0.6) is 0 Å². The molecule has 0 spiro atoms. The molecule has 0 bridgehead atoms. The van der Waals surface area contributed by atoms with Crippen molar-refractivity contribution in [2.75, 3.05) is 11.9 Å². The van der Waals surface area contributed by atoms with Gasteiger partial charge in [-0.2, -0.15) is 0 Å². The second-order valence-electron chi connectivity index (χ2n) is 4.23. The van der Waals surface area contributed by atoms with Gasteiger partial charge in [0.15, 0.2) is 0 Å². The third-order valence-electron chi connectivity index (χ3n) is 2.81. The van der Waals surface area contributed by atoms with Gasteiger partial charge in [0.05, 0.1) is 18.3 Å². The summed E-state index contributed by atoms with van der Waals surface area (Å²) >= 11 is 3.37. The van der Waals surface area contributed by atoms with Crippen LogP contribution in [0.1, 0.15) is 12.8 Å². The molecule has 0 heterocycles. The Morgan fingerprint density at radius 1 is 1.41 bits per heavy atom. The predicted octanol–water partition coefficient (Wildman–Crippen LogP) is 1.50. The summed E-state index contributed by atoms with van der Waals surface area (Å²) in [7, 11) is 0. The Bertz CT molecular complexity index is 405. The van der Waals surface area contributed by atoms with E-state index >= 15 is 0 Å². The molecule has 0 aromatic heterocycles. The van der Waals surface area contributed by atoms with Gasteiger partial charge in [0.25, 0.3) is 0 Å². The minimum atomic E-state index is -0.196. The summed E-state index contributed by atoms with van der Waals surface area (Å²) < 4.78 is 0.868. The molecule has 17 heavy (non-hydrogen) atoms. The first-order valence-corrected chi connectivity index (χ1v) is 6.40. The van der Waals surface area contributed by atoms with Crippen LogP contribution in [0.3, 0.4) is 0 Å². The molecule has 1 fully saturated rings. The zero-order valence-corrected chi connectivity index (χ0v) is 10.9. The summed E-state index contributed by atoms with van der Waals surface area (Å²) in [5, 5.41) is 15.0. The van der Waals surface area contributed by atoms with E-state index in [0.29, 0.717) is 0 Å². The van der Waals surface area contributed by atoms with Crippen molar-refractivity contribution in [3.8, 4) is 0 Å². The smallest absolute Gasteiger partial charge is 0.238 e. The number of carbonyl (C=O) groups is 1. The quantitative estimate of drug-likeness (QED) is 0.789. The summed E-state index contributed by atoms with van der Waals surface area (Å²) in [5.41, 5.74) is 0.771. The maximum absolute atomic E-state index is 11.6. The van der Waals surface area contributed by atoms with E-state index in [2.05, 4.69) is 26.6 Å². The lowest BCUT2D eigenvalue weighted by molar-refractivity contribution is -0.115. The van der Waals surface area contributed by atoms with E-state index in [9.17, 15) is 4.79 Å². The van der Waals surface area contributed by atoms with E-state index < -0.39 is 0 Å². The molecule has 0 unspecified atom stereocenters. The first-order chi connectivity index (χ1) is 8.15. The van der Waals surface area contributed by atoms with Gasteiger partial charge < -0.3 is 15.7 Å². The molecule has 0 aliphatic heterocycles. The first kappa shape index (κ1) is 12.5. The van der Waals surface area contributed by atoms with Crippen molar-refractivity contribution in [2.45, 2.75) is 25.0 Å². The molecule has 1 aliphatic carbocycles. The van der Waals surface area contributed by atoms with E-state index in [1.807, 2.05) is 24.3 Å². The number of carbonyl (C=O) groups excluding carboxylic acids is 1. The number of rotatable bonds is 4. The average Bonchev–Trinajstić information content (AvgIpc) is 2.26. The average molecular weight is 299 g/mol. The highest BCUT2D eigenvalue weighted by molar-refractivity contribution is 9.10. The standard InChI is InChI=1S/C12H15BrN2O2/c13-10-3-1-2-4-11(10)15-12(17)7-14-8-5-9(16)6-8/h1-4,8-9,14,16H,5-7H2,(H,15,17). The van der Waals surface area contributed by atoms with Crippen molar-refractivity contribution >= 4 is 27.5 Å². The third kappa shape index (κ3) is 3.52. The minimum absolute atomic E-state index is 0.0710. The molecule has 1 aliphatic rings. The summed E-state index contributed by atoms with van der Waals surface area (Å²) in [6.07, 6.45) is 1.28. The van der Waals surface area contributed by atoms with Gasteiger partial charge >= 0.3 is 0 Å². The Labute approximate surface area is 109 Å². The zero-order chi connectivity index (χ0) is 12.3. The molecule has 1 aromatic carbocycles. The van der Waals surface area contributed by atoms with Gasteiger partial charge in [-0.05, 0) is 40.9 Å². The number of benzene rings is 1. The molecule has 3 N–H and O–H groups in total. The third-order valence-corrected chi connectivity index (χ3v) is 3.50. The number of hydrogen-bond acceptors (Lipinski definition) is 3. The van der Waals surface area contributed by atoms with Gasteiger partial charge in [0, 0.05) is 10.5 Å². The lowest BCUT2D eigenvalue weighted by atomic mass is 9.89. The van der Waals surface area contributed by atoms with Crippen LogP contribution in [-0.4, -0.2) is 29.7 Å². The highest BCUT2D eigenvalue weighted by Crippen LogP contribution is 2.21. The molecule has 0 radical (unpaired) electrons. The largest absolute Gasteiger partial charge is 0.393 e. The van der Waals surface area contributed by atoms with Crippen LogP contribution in [0.15, 0.2) is 28.7 Å². The second kappa shape index (κ2) is 5.62. The molecule has 2 rings (SSSR count). The van der Waals surface area contributed by atoms with Crippen LogP contribution >= 0.6 is 15.9 Å². The van der Waals surface area contributed by atoms with Crippen molar-refractivity contribution in [3.63, 3.8) is 0 Å². The maximum atomic E-state index is 11.6. The molecule has 1 saturated carbocycles. The fourth-order valence-electron chi connectivity index (χ4n) is 1.75. The Morgan fingerprint density at radius 3 is 2.76 bits per heavy atom. The van der Waals surface area contributed by atoms with Crippen LogP contribution in [0, 0.1) is 0 Å². The first-order valence-electron chi connectivity index (χ1n) is 5.61. The number of hydrogen-bond donors (Lipinski definition) is 3. The van der Waals surface area contributed by atoms with Crippen LogP contribution < -0.4 is 10.6 Å². The summed E-state index contributed by atoms with van der Waals surface area (Å²) in [4.78, 5) is 11.6. The number of para-hydroxylation sites is 1. The highest BCUT2D eigenvalue weighted by atomic mass is 79.9. The molecule has 92 valence electrons. The molecule has 0 saturated heterocycles. The predicted molar refractivity (Wildman–Crippen MR) is 69.8 cm³/mol. The summed E-state index contributed by atoms with van der Waals surface area (Å²) in [5.74, 6) is -0.0710. The van der Waals surface area contributed by atoms with Gasteiger partial charge in [-0.1, -0.05) is 12.1 Å². The molecular formula is C12H15BrN2O2. The van der Waals surface area contributed by atoms with Crippen molar-refractivity contribution in [1.82, 2.24) is 5.32 Å². The van der Waals surface area contributed by atoms with Crippen LogP contribution in [0.2, 0.25) is 0 Å². The molecule has 0 atom stereocenters. The van der Waals surface area contributed by atoms with Gasteiger partial charge in [0.2, 0.25) is 5.91 Å². The number of amides is 1. The van der Waals surface area contributed by atoms with Crippen LogP contribution in [0.4, 0.5) is 5.69 Å². The van der Waals surface area contributed by atoms with Crippen LogP contribution in [-0.2, 0) is 4.79 Å². The second-order valence-corrected chi connectivity index (χ2v) is 5.09. The van der Waals surface area contributed by atoms with E-state index in [0.717, 1.165) is 23.0 Å². The van der Waals surface area contributed by atoms with Crippen molar-refractivity contribution in [1.29, 1.82) is 0 Å². The van der Waals surface area contributed by atoms with Crippen LogP contribution in [0.25, 0.3) is 0 Å². The Hall–Kier alpha value is -0.910.